The smallest absolute Gasteiger partial charge is 0.255 e. The van der Waals surface area contributed by atoms with E-state index in [1.165, 1.54) is 12.1 Å². The van der Waals surface area contributed by atoms with Crippen molar-refractivity contribution in [2.45, 2.75) is 18.4 Å². The third-order valence-corrected chi connectivity index (χ3v) is 5.79. The molecule has 7 heteroatoms. The minimum atomic E-state index is -3.75. The maximum Gasteiger partial charge on any atom is 0.255 e. The normalized spacial score (nSPS) is 11.2. The van der Waals surface area contributed by atoms with Gasteiger partial charge in [0.25, 0.3) is 5.91 Å². The Kier molecular flexibility index (Phi) is 6.14. The van der Waals surface area contributed by atoms with Crippen molar-refractivity contribution in [3.8, 4) is 0 Å². The number of carbonyl (C=O) groups excluding carboxylic acids is 1. The molecule has 0 saturated carbocycles. The van der Waals surface area contributed by atoms with Crippen molar-refractivity contribution < 1.29 is 13.2 Å². The number of hydrogen-bond acceptors (Lipinski definition) is 3. The Hall–Kier alpha value is -2.67. The molecule has 28 heavy (non-hydrogen) atoms. The van der Waals surface area contributed by atoms with Crippen LogP contribution >= 0.6 is 11.6 Å². The Morgan fingerprint density at radius 3 is 2.43 bits per heavy atom. The van der Waals surface area contributed by atoms with E-state index in [0.29, 0.717) is 10.7 Å². The SMILES string of the molecule is Cc1cc(Cl)ccc1NC(=O)c1cccc(S(=O)(=O)NCc2ccccc2)c1. The summed E-state index contributed by atoms with van der Waals surface area (Å²) in [6, 6.07) is 20.3. The zero-order valence-electron chi connectivity index (χ0n) is 15.1. The number of benzene rings is 3. The van der Waals surface area contributed by atoms with E-state index in [0.717, 1.165) is 11.1 Å². The largest absolute Gasteiger partial charge is 0.322 e. The zero-order chi connectivity index (χ0) is 20.1. The molecule has 1 amide bonds. The molecule has 0 unspecified atom stereocenters. The molecule has 3 aromatic rings. The quantitative estimate of drug-likeness (QED) is 0.628. The van der Waals surface area contributed by atoms with E-state index in [1.807, 2.05) is 37.3 Å². The average Bonchev–Trinajstić information content (AvgIpc) is 2.69. The fourth-order valence-corrected chi connectivity index (χ4v) is 3.91. The third-order valence-electron chi connectivity index (χ3n) is 4.15. The summed E-state index contributed by atoms with van der Waals surface area (Å²) in [5, 5.41) is 3.35. The van der Waals surface area contributed by atoms with Crippen LogP contribution in [0.3, 0.4) is 0 Å². The monoisotopic (exact) mass is 414 g/mol. The van der Waals surface area contributed by atoms with Crippen LogP contribution < -0.4 is 10.0 Å². The molecule has 3 rings (SSSR count). The maximum atomic E-state index is 12.6. The molecule has 0 aliphatic carbocycles. The van der Waals surface area contributed by atoms with Crippen molar-refractivity contribution in [2.24, 2.45) is 0 Å². The molecule has 0 fully saturated rings. The Morgan fingerprint density at radius 1 is 0.964 bits per heavy atom. The van der Waals surface area contributed by atoms with E-state index < -0.39 is 15.9 Å². The number of rotatable bonds is 6. The summed E-state index contributed by atoms with van der Waals surface area (Å²) in [6.45, 7) is 2.00. The van der Waals surface area contributed by atoms with Crippen LogP contribution in [0.15, 0.2) is 77.7 Å². The third kappa shape index (κ3) is 4.98. The maximum absolute atomic E-state index is 12.6. The number of halogens is 1. The van der Waals surface area contributed by atoms with Crippen molar-refractivity contribution in [1.29, 1.82) is 0 Å². The molecule has 0 aromatic heterocycles. The lowest BCUT2D eigenvalue weighted by Gasteiger charge is -2.11. The molecule has 0 aliphatic heterocycles. The van der Waals surface area contributed by atoms with Gasteiger partial charge in [-0.25, -0.2) is 13.1 Å². The highest BCUT2D eigenvalue weighted by Gasteiger charge is 2.16. The standard InChI is InChI=1S/C21H19ClN2O3S/c1-15-12-18(22)10-11-20(15)24-21(25)17-8-5-9-19(13-17)28(26,27)23-14-16-6-3-2-4-7-16/h2-13,23H,14H2,1H3,(H,24,25). The molecule has 0 saturated heterocycles. The van der Waals surface area contributed by atoms with Gasteiger partial charge in [-0.05, 0) is 54.4 Å². The van der Waals surface area contributed by atoms with E-state index in [1.54, 1.807) is 30.3 Å². The molecule has 0 radical (unpaired) electrons. The fourth-order valence-electron chi connectivity index (χ4n) is 2.62. The fraction of sp³-hybridized carbons (Fsp3) is 0.0952. The molecule has 3 aromatic carbocycles. The van der Waals surface area contributed by atoms with Gasteiger partial charge in [0.2, 0.25) is 10.0 Å². The van der Waals surface area contributed by atoms with E-state index in [9.17, 15) is 13.2 Å². The first kappa shape index (κ1) is 20.1. The molecular weight excluding hydrogens is 396 g/mol. The molecule has 0 spiro atoms. The molecule has 0 aliphatic rings. The van der Waals surface area contributed by atoms with Crippen molar-refractivity contribution in [3.63, 3.8) is 0 Å². The van der Waals surface area contributed by atoms with E-state index >= 15 is 0 Å². The van der Waals surface area contributed by atoms with Gasteiger partial charge in [-0.2, -0.15) is 0 Å². The van der Waals surface area contributed by atoms with Crippen molar-refractivity contribution in [3.05, 3.63) is 94.5 Å². The highest BCUT2D eigenvalue weighted by Crippen LogP contribution is 2.21. The summed E-state index contributed by atoms with van der Waals surface area (Å²) >= 11 is 5.93. The molecule has 2 N–H and O–H groups in total. The van der Waals surface area contributed by atoms with Crippen molar-refractivity contribution in [1.82, 2.24) is 4.72 Å². The molecule has 0 atom stereocenters. The van der Waals surface area contributed by atoms with Gasteiger partial charge >= 0.3 is 0 Å². The minimum absolute atomic E-state index is 0.0314. The van der Waals surface area contributed by atoms with Gasteiger partial charge in [-0.3, -0.25) is 4.79 Å². The topological polar surface area (TPSA) is 75.3 Å². The van der Waals surface area contributed by atoms with Gasteiger partial charge in [-0.1, -0.05) is 48.0 Å². The number of amides is 1. The summed E-state index contributed by atoms with van der Waals surface area (Å²) in [6.07, 6.45) is 0. The van der Waals surface area contributed by atoms with Crippen LogP contribution in [0.5, 0.6) is 0 Å². The van der Waals surface area contributed by atoms with Gasteiger partial charge in [0.05, 0.1) is 4.90 Å². The lowest BCUT2D eigenvalue weighted by Crippen LogP contribution is -2.23. The van der Waals surface area contributed by atoms with E-state index in [-0.39, 0.29) is 17.0 Å². The van der Waals surface area contributed by atoms with Gasteiger partial charge in [0.15, 0.2) is 0 Å². The highest BCUT2D eigenvalue weighted by atomic mass is 35.5. The minimum Gasteiger partial charge on any atom is -0.322 e. The predicted octanol–water partition coefficient (Wildman–Crippen LogP) is 4.38. The predicted molar refractivity (Wildman–Crippen MR) is 111 cm³/mol. The lowest BCUT2D eigenvalue weighted by molar-refractivity contribution is 0.102. The number of anilines is 1. The van der Waals surface area contributed by atoms with Gasteiger partial charge < -0.3 is 5.32 Å². The summed E-state index contributed by atoms with van der Waals surface area (Å²) < 4.78 is 27.7. The average molecular weight is 415 g/mol. The second-order valence-corrected chi connectivity index (χ2v) is 8.45. The molecule has 144 valence electrons. The number of sulfonamides is 1. The van der Waals surface area contributed by atoms with Crippen LogP contribution in [-0.4, -0.2) is 14.3 Å². The van der Waals surface area contributed by atoms with Gasteiger partial charge in [0.1, 0.15) is 0 Å². The summed E-state index contributed by atoms with van der Waals surface area (Å²) in [7, 11) is -3.75. The second-order valence-electron chi connectivity index (χ2n) is 6.25. The number of nitrogens with one attached hydrogen (secondary N) is 2. The summed E-state index contributed by atoms with van der Waals surface area (Å²) in [4.78, 5) is 12.6. The molecule has 0 bridgehead atoms. The first-order chi connectivity index (χ1) is 13.3. The highest BCUT2D eigenvalue weighted by molar-refractivity contribution is 7.89. The molecule has 5 nitrogen and oxygen atoms in total. The van der Waals surface area contributed by atoms with Crippen LogP contribution in [0, 0.1) is 6.92 Å². The Bertz CT molecular complexity index is 1100. The Morgan fingerprint density at radius 2 is 1.71 bits per heavy atom. The van der Waals surface area contributed by atoms with Crippen molar-refractivity contribution in [2.75, 3.05) is 5.32 Å². The number of aryl methyl sites for hydroxylation is 1. The second kappa shape index (κ2) is 8.56. The first-order valence-electron chi connectivity index (χ1n) is 8.56. The number of carbonyl (C=O) groups is 1. The summed E-state index contributed by atoms with van der Waals surface area (Å²) in [5.41, 5.74) is 2.52. The summed E-state index contributed by atoms with van der Waals surface area (Å²) in [5.74, 6) is -0.398. The Balaban J connectivity index is 1.76. The van der Waals surface area contributed by atoms with Crippen LogP contribution in [0.1, 0.15) is 21.5 Å². The molecule has 0 heterocycles. The van der Waals surface area contributed by atoms with Crippen LogP contribution in [0.25, 0.3) is 0 Å². The van der Waals surface area contributed by atoms with Crippen LogP contribution in [-0.2, 0) is 16.6 Å². The number of hydrogen-bond donors (Lipinski definition) is 2. The van der Waals surface area contributed by atoms with Gasteiger partial charge in [-0.15, -0.1) is 0 Å². The molecular formula is C21H19ClN2O3S. The Labute approximate surface area is 169 Å². The lowest BCUT2D eigenvalue weighted by atomic mass is 10.1. The first-order valence-corrected chi connectivity index (χ1v) is 10.4. The van der Waals surface area contributed by atoms with Gasteiger partial charge in [0, 0.05) is 22.8 Å². The van der Waals surface area contributed by atoms with E-state index in [4.69, 9.17) is 11.6 Å². The van der Waals surface area contributed by atoms with Crippen LogP contribution in [0.4, 0.5) is 5.69 Å². The van der Waals surface area contributed by atoms with E-state index in [2.05, 4.69) is 10.0 Å². The van der Waals surface area contributed by atoms with Crippen LogP contribution in [0.2, 0.25) is 5.02 Å². The zero-order valence-corrected chi connectivity index (χ0v) is 16.7. The van der Waals surface area contributed by atoms with Crippen molar-refractivity contribution >= 4 is 33.2 Å².